The monoisotopic (exact) mass is 462 g/mol. The van der Waals surface area contributed by atoms with Crippen molar-refractivity contribution in [1.29, 1.82) is 0 Å². The Labute approximate surface area is 179 Å². The quantitative estimate of drug-likeness (QED) is 0.415. The summed E-state index contributed by atoms with van der Waals surface area (Å²) in [5, 5.41) is 15.8. The van der Waals surface area contributed by atoms with E-state index in [1.165, 1.54) is 18.4 Å². The van der Waals surface area contributed by atoms with E-state index in [4.69, 9.17) is 4.52 Å². The zero-order chi connectivity index (χ0) is 21.1. The lowest BCUT2D eigenvalue weighted by molar-refractivity contribution is 0.102. The van der Waals surface area contributed by atoms with Crippen LogP contribution in [0.15, 0.2) is 56.7 Å². The molecule has 3 heterocycles. The van der Waals surface area contributed by atoms with E-state index in [0.29, 0.717) is 11.4 Å². The van der Waals surface area contributed by atoms with Gasteiger partial charge >= 0.3 is 0 Å². The molecule has 1 aromatic carbocycles. The zero-order valence-electron chi connectivity index (χ0n) is 15.4. The Morgan fingerprint density at radius 2 is 1.97 bits per heavy atom. The Balaban J connectivity index is 1.45. The second-order valence-corrected chi connectivity index (χ2v) is 10.1. The van der Waals surface area contributed by atoms with Crippen LogP contribution in [0.1, 0.15) is 16.2 Å². The molecule has 4 rings (SSSR count). The molecule has 0 unspecified atom stereocenters. The highest BCUT2D eigenvalue weighted by atomic mass is 32.2. The summed E-state index contributed by atoms with van der Waals surface area (Å²) >= 11 is 2.20. The van der Waals surface area contributed by atoms with Crippen LogP contribution in [-0.4, -0.2) is 46.0 Å². The molecular weight excluding hydrogens is 448 g/mol. The van der Waals surface area contributed by atoms with Gasteiger partial charge in [-0.05, 0) is 23.6 Å². The van der Waals surface area contributed by atoms with Crippen molar-refractivity contribution in [2.24, 2.45) is 0 Å². The van der Waals surface area contributed by atoms with Crippen molar-refractivity contribution in [3.63, 3.8) is 0 Å². The van der Waals surface area contributed by atoms with E-state index in [0.717, 1.165) is 20.5 Å². The number of aromatic nitrogens is 4. The van der Waals surface area contributed by atoms with Crippen LogP contribution in [0.5, 0.6) is 0 Å². The predicted molar refractivity (Wildman–Crippen MR) is 111 cm³/mol. The molecule has 1 N–H and O–H groups in total. The van der Waals surface area contributed by atoms with Crippen molar-refractivity contribution in [3.05, 3.63) is 59.3 Å². The summed E-state index contributed by atoms with van der Waals surface area (Å²) in [6, 6.07) is 12.2. The molecule has 0 spiro atoms. The lowest BCUT2D eigenvalue weighted by Crippen LogP contribution is -2.26. The van der Waals surface area contributed by atoms with Crippen LogP contribution in [0.3, 0.4) is 0 Å². The van der Waals surface area contributed by atoms with Gasteiger partial charge in [-0.15, -0.1) is 21.5 Å². The van der Waals surface area contributed by atoms with E-state index in [-0.39, 0.29) is 21.9 Å². The fourth-order valence-corrected chi connectivity index (χ4v) is 5.21. The Kier molecular flexibility index (Phi) is 5.67. The molecule has 0 aliphatic rings. The summed E-state index contributed by atoms with van der Waals surface area (Å²) in [6.45, 7) is -0.133. The molecule has 1 amide bonds. The molecule has 0 bridgehead atoms. The van der Waals surface area contributed by atoms with Gasteiger partial charge in [0, 0.05) is 12.6 Å². The molecule has 154 valence electrons. The van der Waals surface area contributed by atoms with Crippen LogP contribution in [0.2, 0.25) is 0 Å². The van der Waals surface area contributed by atoms with E-state index in [1.54, 1.807) is 30.3 Å². The SMILES string of the molecule is CN(Cc1nc(-c2cccs2)no1)S(=O)(=O)c1nnc(NC(=O)c2ccccc2)s1. The van der Waals surface area contributed by atoms with Crippen molar-refractivity contribution < 1.29 is 17.7 Å². The number of nitrogens with one attached hydrogen (secondary N) is 1. The number of carbonyl (C=O) groups is 1. The Hall–Kier alpha value is -3.00. The molecule has 0 aliphatic heterocycles. The maximum absolute atomic E-state index is 12.8. The number of rotatable bonds is 7. The molecule has 13 heteroatoms. The van der Waals surface area contributed by atoms with E-state index < -0.39 is 15.9 Å². The predicted octanol–water partition coefficient (Wildman–Crippen LogP) is 2.72. The van der Waals surface area contributed by atoms with Gasteiger partial charge < -0.3 is 4.52 Å². The standard InChI is InChI=1S/C17H14N6O4S3/c1-23(10-13-18-14(22-27-13)12-8-5-9-28-12)30(25,26)17-21-20-16(29-17)19-15(24)11-6-3-2-4-7-11/h2-9H,10H2,1H3,(H,19,20,24). The summed E-state index contributed by atoms with van der Waals surface area (Å²) in [4.78, 5) is 17.2. The Bertz CT molecular complexity index is 1250. The molecule has 0 aliphatic carbocycles. The third kappa shape index (κ3) is 4.28. The van der Waals surface area contributed by atoms with E-state index in [1.807, 2.05) is 17.5 Å². The summed E-state index contributed by atoms with van der Waals surface area (Å²) in [7, 11) is -2.59. The van der Waals surface area contributed by atoms with Gasteiger partial charge in [0.05, 0.1) is 11.4 Å². The molecule has 0 fully saturated rings. The third-order valence-corrected chi connectivity index (χ3v) is 7.72. The molecule has 0 radical (unpaired) electrons. The van der Waals surface area contributed by atoms with Gasteiger partial charge in [0.15, 0.2) is 0 Å². The maximum Gasteiger partial charge on any atom is 0.272 e. The number of carbonyl (C=O) groups excluding carboxylic acids is 1. The average Bonchev–Trinajstić information content (AvgIpc) is 3.50. The van der Waals surface area contributed by atoms with Crippen molar-refractivity contribution in [2.75, 3.05) is 12.4 Å². The molecule has 0 atom stereocenters. The van der Waals surface area contributed by atoms with Gasteiger partial charge in [0.25, 0.3) is 15.9 Å². The van der Waals surface area contributed by atoms with Gasteiger partial charge in [-0.25, -0.2) is 8.42 Å². The Morgan fingerprint density at radius 3 is 2.70 bits per heavy atom. The van der Waals surface area contributed by atoms with Crippen molar-refractivity contribution in [2.45, 2.75) is 10.9 Å². The topological polar surface area (TPSA) is 131 Å². The molecule has 3 aromatic heterocycles. The summed E-state index contributed by atoms with van der Waals surface area (Å²) in [6.07, 6.45) is 0. The lowest BCUT2D eigenvalue weighted by atomic mass is 10.2. The highest BCUT2D eigenvalue weighted by Crippen LogP contribution is 2.25. The third-order valence-electron chi connectivity index (χ3n) is 3.86. The molecular formula is C17H14N6O4S3. The van der Waals surface area contributed by atoms with Gasteiger partial charge in [-0.3, -0.25) is 10.1 Å². The first-order valence-electron chi connectivity index (χ1n) is 8.46. The summed E-state index contributed by atoms with van der Waals surface area (Å²) in [5.41, 5.74) is 0.423. The number of hydrogen-bond acceptors (Lipinski definition) is 10. The van der Waals surface area contributed by atoms with Crippen LogP contribution in [0.4, 0.5) is 5.13 Å². The highest BCUT2D eigenvalue weighted by Gasteiger charge is 2.28. The largest absolute Gasteiger partial charge is 0.337 e. The molecule has 10 nitrogen and oxygen atoms in total. The number of amides is 1. The fourth-order valence-electron chi connectivity index (χ4n) is 2.36. The zero-order valence-corrected chi connectivity index (χ0v) is 17.9. The number of nitrogens with zero attached hydrogens (tertiary/aromatic N) is 5. The van der Waals surface area contributed by atoms with Gasteiger partial charge in [0.2, 0.25) is 21.2 Å². The number of anilines is 1. The molecule has 0 saturated carbocycles. The number of benzene rings is 1. The lowest BCUT2D eigenvalue weighted by Gasteiger charge is -2.11. The minimum Gasteiger partial charge on any atom is -0.337 e. The highest BCUT2D eigenvalue weighted by molar-refractivity contribution is 7.91. The minimum atomic E-state index is -3.96. The van der Waals surface area contributed by atoms with Gasteiger partial charge in [-0.1, -0.05) is 40.8 Å². The van der Waals surface area contributed by atoms with Crippen LogP contribution in [0, 0.1) is 0 Å². The fraction of sp³-hybridized carbons (Fsp3) is 0.118. The van der Waals surface area contributed by atoms with E-state index in [9.17, 15) is 13.2 Å². The normalized spacial score (nSPS) is 11.7. The minimum absolute atomic E-state index is 0.0774. The van der Waals surface area contributed by atoms with Crippen molar-refractivity contribution in [3.8, 4) is 10.7 Å². The van der Waals surface area contributed by atoms with E-state index >= 15 is 0 Å². The first-order chi connectivity index (χ1) is 14.4. The van der Waals surface area contributed by atoms with Gasteiger partial charge in [-0.2, -0.15) is 9.29 Å². The second-order valence-electron chi connectivity index (χ2n) is 5.94. The van der Waals surface area contributed by atoms with Gasteiger partial charge in [0.1, 0.15) is 0 Å². The smallest absolute Gasteiger partial charge is 0.272 e. The molecule has 0 saturated heterocycles. The van der Waals surface area contributed by atoms with Crippen LogP contribution in [-0.2, 0) is 16.6 Å². The maximum atomic E-state index is 12.8. The van der Waals surface area contributed by atoms with E-state index in [2.05, 4.69) is 25.7 Å². The van der Waals surface area contributed by atoms with Crippen molar-refractivity contribution >= 4 is 43.7 Å². The number of hydrogen-bond donors (Lipinski definition) is 1. The molecule has 4 aromatic rings. The summed E-state index contributed by atoms with van der Waals surface area (Å²) < 4.78 is 31.5. The first-order valence-corrected chi connectivity index (χ1v) is 11.6. The first kappa shape index (κ1) is 20.3. The Morgan fingerprint density at radius 1 is 1.17 bits per heavy atom. The number of sulfonamides is 1. The summed E-state index contributed by atoms with van der Waals surface area (Å²) in [5.74, 6) is 0.134. The van der Waals surface area contributed by atoms with Crippen LogP contribution in [0.25, 0.3) is 10.7 Å². The van der Waals surface area contributed by atoms with Crippen LogP contribution >= 0.6 is 22.7 Å². The number of thiophene rings is 1. The second kappa shape index (κ2) is 8.39. The van der Waals surface area contributed by atoms with Crippen LogP contribution < -0.4 is 5.32 Å². The average molecular weight is 463 g/mol. The molecule has 30 heavy (non-hydrogen) atoms. The van der Waals surface area contributed by atoms with Crippen molar-refractivity contribution in [1.82, 2.24) is 24.6 Å².